The van der Waals surface area contributed by atoms with E-state index in [1.54, 1.807) is 0 Å². The third-order valence-electron chi connectivity index (χ3n) is 1.88. The number of hydrogen-bond donors (Lipinski definition) is 0. The van der Waals surface area contributed by atoms with Crippen LogP contribution in [0.25, 0.3) is 0 Å². The Morgan fingerprint density at radius 3 is 3.17 bits per heavy atom. The predicted molar refractivity (Wildman–Crippen MR) is 47.6 cm³/mol. The van der Waals surface area contributed by atoms with E-state index in [-0.39, 0.29) is 0 Å². The van der Waals surface area contributed by atoms with Crippen LogP contribution in [0.5, 0.6) is 0 Å². The maximum absolute atomic E-state index is 5.65. The topological polar surface area (TPSA) is 35.0 Å². The number of halogens is 1. The van der Waals surface area contributed by atoms with E-state index in [1.807, 2.05) is 0 Å². The molecule has 66 valence electrons. The van der Waals surface area contributed by atoms with Crippen LogP contribution < -0.4 is 0 Å². The molecule has 1 aliphatic rings. The van der Waals surface area contributed by atoms with Crippen LogP contribution in [0, 0.1) is 0 Å². The Balaban J connectivity index is 1.94. The van der Waals surface area contributed by atoms with E-state index < -0.39 is 0 Å². The Bertz CT molecular complexity index is 260. The third kappa shape index (κ3) is 1.94. The molecule has 0 radical (unpaired) electrons. The molecule has 0 N–H and O–H groups in total. The van der Waals surface area contributed by atoms with Crippen molar-refractivity contribution in [3.63, 3.8) is 0 Å². The second-order valence-corrected chi connectivity index (χ2v) is 4.14. The number of hydrogen-bond acceptors (Lipinski definition) is 4. The van der Waals surface area contributed by atoms with Gasteiger partial charge >= 0.3 is 0 Å². The van der Waals surface area contributed by atoms with Gasteiger partial charge in [-0.05, 0) is 36.0 Å². The summed E-state index contributed by atoms with van der Waals surface area (Å²) in [5, 5.41) is 0. The summed E-state index contributed by atoms with van der Waals surface area (Å²) in [6, 6.07) is 0. The molecule has 5 heteroatoms. The summed E-state index contributed by atoms with van der Waals surface area (Å²) in [4.78, 5) is 4.07. The maximum atomic E-state index is 5.65. The summed E-state index contributed by atoms with van der Waals surface area (Å²) >= 11 is 6.89. The van der Waals surface area contributed by atoms with Crippen LogP contribution in [0.3, 0.4) is 0 Å². The first-order chi connectivity index (χ1) is 5.84. The number of ether oxygens (including phenoxy) is 1. The van der Waals surface area contributed by atoms with Crippen molar-refractivity contribution >= 4 is 23.1 Å². The van der Waals surface area contributed by atoms with Gasteiger partial charge in [0.15, 0.2) is 0 Å². The van der Waals surface area contributed by atoms with Crippen molar-refractivity contribution in [2.45, 2.75) is 25.4 Å². The normalized spacial score (nSPS) is 23.2. The van der Waals surface area contributed by atoms with Crippen molar-refractivity contribution in [1.82, 2.24) is 9.36 Å². The van der Waals surface area contributed by atoms with Crippen LogP contribution in [-0.4, -0.2) is 22.1 Å². The van der Waals surface area contributed by atoms with Crippen LogP contribution in [0.15, 0.2) is 0 Å². The zero-order chi connectivity index (χ0) is 8.39. The van der Waals surface area contributed by atoms with Crippen molar-refractivity contribution in [2.24, 2.45) is 0 Å². The van der Waals surface area contributed by atoms with E-state index in [4.69, 9.17) is 16.3 Å². The largest absolute Gasteiger partial charge is 0.378 e. The van der Waals surface area contributed by atoms with Crippen molar-refractivity contribution < 1.29 is 4.74 Å². The molecular weight excluding hydrogens is 196 g/mol. The van der Waals surface area contributed by atoms with Crippen molar-refractivity contribution in [1.29, 1.82) is 0 Å². The Morgan fingerprint density at radius 1 is 1.67 bits per heavy atom. The smallest absolute Gasteiger partial charge is 0.203 e. The zero-order valence-corrected chi connectivity index (χ0v) is 8.07. The molecule has 1 unspecified atom stereocenters. The third-order valence-corrected chi connectivity index (χ3v) is 2.71. The van der Waals surface area contributed by atoms with Crippen molar-refractivity contribution in [2.75, 3.05) is 6.61 Å². The first-order valence-corrected chi connectivity index (χ1v) is 5.09. The quantitative estimate of drug-likeness (QED) is 0.738. The van der Waals surface area contributed by atoms with E-state index in [2.05, 4.69) is 9.36 Å². The molecule has 0 amide bonds. The standard InChI is InChI=1S/C7H9ClN2OS/c8-7-9-6(10-12-7)4-5-2-1-3-11-5/h5H,1-4H2. The molecule has 0 aromatic carbocycles. The van der Waals surface area contributed by atoms with Gasteiger partial charge in [-0.15, -0.1) is 0 Å². The second kappa shape index (κ2) is 3.68. The molecule has 0 aliphatic carbocycles. The monoisotopic (exact) mass is 204 g/mol. The highest BCUT2D eigenvalue weighted by molar-refractivity contribution is 7.10. The molecule has 12 heavy (non-hydrogen) atoms. The number of rotatable bonds is 2. The fourth-order valence-electron chi connectivity index (χ4n) is 1.32. The summed E-state index contributed by atoms with van der Waals surface area (Å²) in [5.74, 6) is 0.817. The molecule has 1 aromatic rings. The first kappa shape index (κ1) is 8.41. The van der Waals surface area contributed by atoms with E-state index in [0.717, 1.165) is 31.7 Å². The Labute approximate surface area is 79.9 Å². The van der Waals surface area contributed by atoms with Gasteiger partial charge in [0.25, 0.3) is 0 Å². The molecule has 1 aliphatic heterocycles. The van der Waals surface area contributed by atoms with E-state index in [1.165, 1.54) is 11.5 Å². The maximum Gasteiger partial charge on any atom is 0.203 e. The molecule has 1 fully saturated rings. The Morgan fingerprint density at radius 2 is 2.58 bits per heavy atom. The fraction of sp³-hybridized carbons (Fsp3) is 0.714. The molecular formula is C7H9ClN2OS. The van der Waals surface area contributed by atoms with Crippen molar-refractivity contribution in [3.8, 4) is 0 Å². The van der Waals surface area contributed by atoms with Gasteiger partial charge in [-0.25, -0.2) is 4.98 Å². The van der Waals surface area contributed by atoms with Crippen molar-refractivity contribution in [3.05, 3.63) is 10.3 Å². The number of nitrogens with zero attached hydrogens (tertiary/aromatic N) is 2. The van der Waals surface area contributed by atoms with Gasteiger partial charge in [0.05, 0.1) is 6.10 Å². The molecule has 0 saturated carbocycles. The predicted octanol–water partition coefficient (Wildman–Crippen LogP) is 1.91. The van der Waals surface area contributed by atoms with Crippen LogP contribution in [-0.2, 0) is 11.2 Å². The lowest BCUT2D eigenvalue weighted by molar-refractivity contribution is 0.110. The lowest BCUT2D eigenvalue weighted by atomic mass is 10.2. The van der Waals surface area contributed by atoms with Crippen LogP contribution in [0.4, 0.5) is 0 Å². The molecule has 1 atom stereocenters. The SMILES string of the molecule is Clc1nc(CC2CCCO2)ns1. The Kier molecular flexibility index (Phi) is 2.58. The summed E-state index contributed by atoms with van der Waals surface area (Å²) in [6.45, 7) is 0.878. The lowest BCUT2D eigenvalue weighted by Gasteiger charge is -2.04. The van der Waals surface area contributed by atoms with E-state index in [9.17, 15) is 0 Å². The summed E-state index contributed by atoms with van der Waals surface area (Å²) in [5.41, 5.74) is 0. The van der Waals surface area contributed by atoms with E-state index in [0.29, 0.717) is 10.6 Å². The van der Waals surface area contributed by atoms with Gasteiger partial charge in [-0.3, -0.25) is 0 Å². The molecule has 3 nitrogen and oxygen atoms in total. The zero-order valence-electron chi connectivity index (χ0n) is 6.49. The highest BCUT2D eigenvalue weighted by Crippen LogP contribution is 2.18. The average Bonchev–Trinajstić information content (AvgIpc) is 2.63. The van der Waals surface area contributed by atoms with Crippen LogP contribution in [0.2, 0.25) is 4.47 Å². The van der Waals surface area contributed by atoms with Crippen LogP contribution >= 0.6 is 23.1 Å². The van der Waals surface area contributed by atoms with Gasteiger partial charge in [-0.1, -0.05) is 0 Å². The number of aromatic nitrogens is 2. The molecule has 1 saturated heterocycles. The van der Waals surface area contributed by atoms with Gasteiger partial charge in [0.2, 0.25) is 4.47 Å². The minimum Gasteiger partial charge on any atom is -0.378 e. The molecule has 2 rings (SSSR count). The second-order valence-electron chi connectivity index (χ2n) is 2.80. The fourth-order valence-corrected chi connectivity index (χ4v) is 1.97. The Hall–Kier alpha value is -0.190. The summed E-state index contributed by atoms with van der Waals surface area (Å²) in [6.07, 6.45) is 3.40. The summed E-state index contributed by atoms with van der Waals surface area (Å²) in [7, 11) is 0. The lowest BCUT2D eigenvalue weighted by Crippen LogP contribution is -2.09. The van der Waals surface area contributed by atoms with Gasteiger partial charge < -0.3 is 4.74 Å². The van der Waals surface area contributed by atoms with Gasteiger partial charge in [0, 0.05) is 13.0 Å². The summed E-state index contributed by atoms with van der Waals surface area (Å²) < 4.78 is 10.1. The highest BCUT2D eigenvalue weighted by Gasteiger charge is 2.17. The van der Waals surface area contributed by atoms with Gasteiger partial charge in [0.1, 0.15) is 5.82 Å². The minimum absolute atomic E-state index is 0.315. The molecule has 0 bridgehead atoms. The molecule has 2 heterocycles. The van der Waals surface area contributed by atoms with E-state index >= 15 is 0 Å². The first-order valence-electron chi connectivity index (χ1n) is 3.94. The minimum atomic E-state index is 0.315. The average molecular weight is 205 g/mol. The molecule has 0 spiro atoms. The highest BCUT2D eigenvalue weighted by atomic mass is 35.5. The molecule has 1 aromatic heterocycles. The van der Waals surface area contributed by atoms with Gasteiger partial charge in [-0.2, -0.15) is 4.37 Å². The van der Waals surface area contributed by atoms with Crippen LogP contribution in [0.1, 0.15) is 18.7 Å².